The summed E-state index contributed by atoms with van der Waals surface area (Å²) in [6.45, 7) is 4.12. The normalized spacial score (nSPS) is 12.5. The van der Waals surface area contributed by atoms with E-state index in [9.17, 15) is 8.78 Å². The molecule has 2 rings (SSSR count). The highest BCUT2D eigenvalue weighted by Crippen LogP contribution is 2.33. The number of hydrogen-bond donors (Lipinski definition) is 1. The van der Waals surface area contributed by atoms with Crippen molar-refractivity contribution in [1.82, 2.24) is 5.32 Å². The first-order valence-corrected chi connectivity index (χ1v) is 8.17. The summed E-state index contributed by atoms with van der Waals surface area (Å²) in [5, 5.41) is 3.21. The van der Waals surface area contributed by atoms with Crippen molar-refractivity contribution in [3.63, 3.8) is 0 Å². The van der Waals surface area contributed by atoms with E-state index < -0.39 is 17.7 Å². The van der Waals surface area contributed by atoms with Gasteiger partial charge in [0.2, 0.25) is 0 Å². The molecule has 1 N–H and O–H groups in total. The van der Waals surface area contributed by atoms with Gasteiger partial charge in [-0.3, -0.25) is 0 Å². The molecule has 21 heavy (non-hydrogen) atoms. The van der Waals surface area contributed by atoms with E-state index in [1.807, 2.05) is 25.1 Å². The van der Waals surface area contributed by atoms with Gasteiger partial charge in [-0.15, -0.1) is 0 Å². The lowest BCUT2D eigenvalue weighted by Crippen LogP contribution is -2.24. The molecule has 5 heteroatoms. The van der Waals surface area contributed by atoms with Crippen molar-refractivity contribution in [2.75, 3.05) is 6.54 Å². The lowest BCUT2D eigenvalue weighted by Gasteiger charge is -2.21. The Hall–Kier alpha value is -0.780. The highest BCUT2D eigenvalue weighted by atomic mass is 79.9. The molecule has 0 amide bonds. The fourth-order valence-corrected chi connectivity index (χ4v) is 3.07. The minimum atomic E-state index is -0.798. The maximum Gasteiger partial charge on any atom is 0.164 e. The number of aryl methyl sites for hydroxylation is 1. The minimum Gasteiger partial charge on any atom is -0.306 e. The zero-order valence-corrected chi connectivity index (χ0v) is 14.9. The van der Waals surface area contributed by atoms with Gasteiger partial charge >= 0.3 is 0 Å². The third-order valence-electron chi connectivity index (χ3n) is 3.29. The van der Waals surface area contributed by atoms with Gasteiger partial charge in [0, 0.05) is 14.5 Å². The Balaban J connectivity index is 2.59. The van der Waals surface area contributed by atoms with Crippen LogP contribution in [0.4, 0.5) is 8.78 Å². The monoisotopic (exact) mass is 417 g/mol. The van der Waals surface area contributed by atoms with Crippen molar-refractivity contribution in [3.8, 4) is 0 Å². The molecule has 0 aromatic heterocycles. The quantitative estimate of drug-likeness (QED) is 0.691. The summed E-state index contributed by atoms with van der Waals surface area (Å²) >= 11 is 6.90. The molecule has 2 aromatic carbocycles. The smallest absolute Gasteiger partial charge is 0.164 e. The van der Waals surface area contributed by atoms with Crippen molar-refractivity contribution in [1.29, 1.82) is 0 Å². The molecule has 0 heterocycles. The Morgan fingerprint density at radius 3 is 2.43 bits per heavy atom. The molecule has 0 aliphatic heterocycles. The Bertz CT molecular complexity index is 659. The van der Waals surface area contributed by atoms with Crippen LogP contribution in [0.1, 0.15) is 29.7 Å². The van der Waals surface area contributed by atoms with Crippen LogP contribution in [0.3, 0.4) is 0 Å². The van der Waals surface area contributed by atoms with Crippen LogP contribution in [0.15, 0.2) is 39.3 Å². The topological polar surface area (TPSA) is 12.0 Å². The van der Waals surface area contributed by atoms with E-state index in [2.05, 4.69) is 37.2 Å². The van der Waals surface area contributed by atoms with Crippen LogP contribution in [0.5, 0.6) is 0 Å². The molecule has 0 bridgehead atoms. The van der Waals surface area contributed by atoms with Crippen LogP contribution in [0, 0.1) is 18.6 Å². The van der Waals surface area contributed by atoms with Crippen molar-refractivity contribution < 1.29 is 8.78 Å². The number of halogens is 4. The number of benzene rings is 2. The fraction of sp³-hybridized carbons (Fsp3) is 0.250. The van der Waals surface area contributed by atoms with Gasteiger partial charge in [-0.1, -0.05) is 50.9 Å². The van der Waals surface area contributed by atoms with Crippen molar-refractivity contribution in [3.05, 3.63) is 67.6 Å². The van der Waals surface area contributed by atoms with E-state index in [1.165, 1.54) is 0 Å². The van der Waals surface area contributed by atoms with Gasteiger partial charge in [0.05, 0.1) is 6.04 Å². The molecule has 0 spiro atoms. The average molecular weight is 419 g/mol. The highest BCUT2D eigenvalue weighted by Gasteiger charge is 2.22. The van der Waals surface area contributed by atoms with E-state index >= 15 is 0 Å². The summed E-state index contributed by atoms with van der Waals surface area (Å²) in [6.07, 6.45) is 0. The van der Waals surface area contributed by atoms with Crippen molar-refractivity contribution in [2.24, 2.45) is 0 Å². The summed E-state index contributed by atoms with van der Waals surface area (Å²) in [7, 11) is 0. The maximum absolute atomic E-state index is 14.3. The standard InChI is InChI=1S/C16H15Br2F2N/c1-3-21-16(12-8-10(17)5-7-13(12)18)11-6-4-9(2)14(19)15(11)20/h4-8,16,21H,3H2,1-2H3. The van der Waals surface area contributed by atoms with Gasteiger partial charge in [-0.05, 0) is 42.8 Å². The highest BCUT2D eigenvalue weighted by molar-refractivity contribution is 9.11. The Morgan fingerprint density at radius 1 is 1.05 bits per heavy atom. The fourth-order valence-electron chi connectivity index (χ4n) is 2.21. The Kier molecular flexibility index (Phi) is 5.52. The number of nitrogens with one attached hydrogen (secondary N) is 1. The summed E-state index contributed by atoms with van der Waals surface area (Å²) in [4.78, 5) is 0. The number of hydrogen-bond acceptors (Lipinski definition) is 1. The van der Waals surface area contributed by atoms with Gasteiger partial charge in [-0.2, -0.15) is 0 Å². The van der Waals surface area contributed by atoms with Crippen LogP contribution in [-0.4, -0.2) is 6.54 Å². The third kappa shape index (κ3) is 3.52. The van der Waals surface area contributed by atoms with Crippen LogP contribution in [-0.2, 0) is 0 Å². The molecule has 0 aliphatic rings. The second kappa shape index (κ2) is 6.99. The minimum absolute atomic E-state index is 0.304. The zero-order chi connectivity index (χ0) is 15.6. The van der Waals surface area contributed by atoms with Gasteiger partial charge in [-0.25, -0.2) is 8.78 Å². The predicted molar refractivity (Wildman–Crippen MR) is 88.5 cm³/mol. The maximum atomic E-state index is 14.3. The molecule has 0 saturated carbocycles. The van der Waals surface area contributed by atoms with Crippen LogP contribution in [0.25, 0.3) is 0 Å². The molecular formula is C16H15Br2F2N. The first-order chi connectivity index (χ1) is 9.95. The molecule has 1 atom stereocenters. The van der Waals surface area contributed by atoms with Crippen molar-refractivity contribution in [2.45, 2.75) is 19.9 Å². The molecule has 1 unspecified atom stereocenters. The van der Waals surface area contributed by atoms with E-state index in [4.69, 9.17) is 0 Å². The largest absolute Gasteiger partial charge is 0.306 e. The lowest BCUT2D eigenvalue weighted by atomic mass is 9.97. The first-order valence-electron chi connectivity index (χ1n) is 6.58. The van der Waals surface area contributed by atoms with E-state index in [0.717, 1.165) is 14.5 Å². The summed E-state index contributed by atoms with van der Waals surface area (Å²) in [5.74, 6) is -1.59. The lowest BCUT2D eigenvalue weighted by molar-refractivity contribution is 0.478. The van der Waals surface area contributed by atoms with E-state index in [0.29, 0.717) is 17.7 Å². The molecule has 0 radical (unpaired) electrons. The zero-order valence-electron chi connectivity index (χ0n) is 11.7. The van der Waals surface area contributed by atoms with Crippen LogP contribution in [0.2, 0.25) is 0 Å². The van der Waals surface area contributed by atoms with E-state index in [1.54, 1.807) is 19.1 Å². The Labute approximate surface area is 140 Å². The molecule has 1 nitrogen and oxygen atoms in total. The first kappa shape index (κ1) is 16.6. The second-order valence-corrected chi connectivity index (χ2v) is 6.53. The molecule has 2 aromatic rings. The van der Waals surface area contributed by atoms with Crippen molar-refractivity contribution >= 4 is 31.9 Å². The molecule has 112 valence electrons. The predicted octanol–water partition coefficient (Wildman–Crippen LogP) is 5.50. The van der Waals surface area contributed by atoms with Crippen LogP contribution >= 0.6 is 31.9 Å². The van der Waals surface area contributed by atoms with Crippen LogP contribution < -0.4 is 5.32 Å². The molecule has 0 aliphatic carbocycles. The third-order valence-corrected chi connectivity index (χ3v) is 4.51. The summed E-state index contributed by atoms with van der Waals surface area (Å²) < 4.78 is 29.9. The second-order valence-electron chi connectivity index (χ2n) is 4.76. The SMILES string of the molecule is CCNC(c1cc(Br)ccc1Br)c1ccc(C)c(F)c1F. The molecule has 0 fully saturated rings. The number of rotatable bonds is 4. The summed E-state index contributed by atoms with van der Waals surface area (Å²) in [5.41, 5.74) is 1.46. The molecule has 0 saturated heterocycles. The van der Waals surface area contributed by atoms with E-state index in [-0.39, 0.29) is 0 Å². The summed E-state index contributed by atoms with van der Waals surface area (Å²) in [6, 6.07) is 8.49. The van der Waals surface area contributed by atoms with Gasteiger partial charge in [0.15, 0.2) is 11.6 Å². The average Bonchev–Trinajstić information content (AvgIpc) is 2.46. The van der Waals surface area contributed by atoms with Gasteiger partial charge in [0.25, 0.3) is 0 Å². The Morgan fingerprint density at radius 2 is 1.76 bits per heavy atom. The van der Waals surface area contributed by atoms with Gasteiger partial charge < -0.3 is 5.32 Å². The molecular weight excluding hydrogens is 404 g/mol. The van der Waals surface area contributed by atoms with Gasteiger partial charge in [0.1, 0.15) is 0 Å².